The van der Waals surface area contributed by atoms with Gasteiger partial charge >= 0.3 is 0 Å². The van der Waals surface area contributed by atoms with E-state index in [9.17, 15) is 0 Å². The summed E-state index contributed by atoms with van der Waals surface area (Å²) >= 11 is 0. The Kier molecular flexibility index (Phi) is 8.14. The number of oxazole rings is 1. The number of aromatic nitrogens is 2. The Morgan fingerprint density at radius 3 is 2.08 bits per heavy atom. The summed E-state index contributed by atoms with van der Waals surface area (Å²) in [7, 11) is 0. The van der Waals surface area contributed by atoms with E-state index in [1.165, 1.54) is 0 Å². The van der Waals surface area contributed by atoms with Crippen molar-refractivity contribution in [1.82, 2.24) is 9.97 Å². The second-order valence-electron chi connectivity index (χ2n) is 13.0. The van der Waals surface area contributed by atoms with Gasteiger partial charge in [-0.25, -0.2) is 15.0 Å². The van der Waals surface area contributed by atoms with Gasteiger partial charge in [-0.3, -0.25) is 0 Å². The predicted molar refractivity (Wildman–Crippen MR) is 220 cm³/mol. The number of aromatic amines is 1. The third-order valence-electron chi connectivity index (χ3n) is 9.63. The van der Waals surface area contributed by atoms with E-state index in [-0.39, 0.29) is 0 Å². The number of amidine groups is 1. The molecule has 0 amide bonds. The molecule has 7 aromatic carbocycles. The molecule has 1 N–H and O–H groups in total. The number of hydrogen-bond donors (Lipinski definition) is 1. The van der Waals surface area contributed by atoms with Gasteiger partial charge in [-0.05, 0) is 65.1 Å². The maximum atomic E-state index is 6.42. The fourth-order valence-corrected chi connectivity index (χ4v) is 6.95. The van der Waals surface area contributed by atoms with Crippen molar-refractivity contribution in [3.05, 3.63) is 193 Å². The van der Waals surface area contributed by atoms with Crippen LogP contribution in [0, 0.1) is 0 Å². The standard InChI is InChI=1S/C48H34N4O/c1-31(33-15-6-3-7-16-33)49-47(50-32(2)34-17-8-4-9-18-34)41-25-14-26-43-45(41)40-24-13-23-39(46(40)51-43)37-27-28-42-44(30-37)53-48(52-42)38-22-12-21-36(29-38)35-19-10-5-11-20-35/h3-30,51H,1H2,2H3. The Morgan fingerprint density at radius 2 is 1.28 bits per heavy atom. The number of aliphatic imine (C=N–C) groups is 2. The van der Waals surface area contributed by atoms with E-state index in [1.54, 1.807) is 0 Å². The Morgan fingerprint density at radius 1 is 0.604 bits per heavy atom. The lowest BCUT2D eigenvalue weighted by atomic mass is 10.00. The third-order valence-corrected chi connectivity index (χ3v) is 9.63. The van der Waals surface area contributed by atoms with Gasteiger partial charge in [0.1, 0.15) is 5.52 Å². The molecule has 5 heteroatoms. The number of nitrogens with one attached hydrogen (secondary N) is 1. The molecule has 2 aromatic heterocycles. The zero-order valence-electron chi connectivity index (χ0n) is 29.1. The fourth-order valence-electron chi connectivity index (χ4n) is 6.95. The number of hydrogen-bond acceptors (Lipinski definition) is 3. The summed E-state index contributed by atoms with van der Waals surface area (Å²) in [5, 5.41) is 2.13. The summed E-state index contributed by atoms with van der Waals surface area (Å²) in [6.45, 7) is 6.36. The highest BCUT2D eigenvalue weighted by atomic mass is 16.3. The fraction of sp³-hybridized carbons (Fsp3) is 0.0208. The van der Waals surface area contributed by atoms with E-state index in [0.717, 1.165) is 83.1 Å². The van der Waals surface area contributed by atoms with E-state index < -0.39 is 0 Å². The molecule has 0 bridgehead atoms. The summed E-state index contributed by atoms with van der Waals surface area (Å²) in [6.07, 6.45) is 0. The minimum Gasteiger partial charge on any atom is -0.436 e. The van der Waals surface area contributed by atoms with Crippen molar-refractivity contribution in [2.24, 2.45) is 9.98 Å². The highest BCUT2D eigenvalue weighted by molar-refractivity contribution is 6.24. The molecule has 9 aromatic rings. The highest BCUT2D eigenvalue weighted by Crippen LogP contribution is 2.37. The Labute approximate surface area is 307 Å². The average Bonchev–Trinajstić information content (AvgIpc) is 3.83. The minimum absolute atomic E-state index is 0.596. The van der Waals surface area contributed by atoms with Crippen LogP contribution in [0.3, 0.4) is 0 Å². The van der Waals surface area contributed by atoms with Gasteiger partial charge in [0, 0.05) is 38.7 Å². The molecule has 0 spiro atoms. The molecule has 0 saturated heterocycles. The maximum Gasteiger partial charge on any atom is 0.227 e. The first-order chi connectivity index (χ1) is 26.1. The van der Waals surface area contributed by atoms with Crippen LogP contribution in [0.2, 0.25) is 0 Å². The van der Waals surface area contributed by atoms with E-state index in [0.29, 0.717) is 17.4 Å². The second-order valence-corrected chi connectivity index (χ2v) is 13.0. The average molecular weight is 683 g/mol. The topological polar surface area (TPSA) is 66.5 Å². The first-order valence-electron chi connectivity index (χ1n) is 17.6. The number of H-pyrrole nitrogens is 1. The van der Waals surface area contributed by atoms with Crippen LogP contribution in [-0.4, -0.2) is 21.5 Å². The molecule has 0 aliphatic carbocycles. The zero-order valence-corrected chi connectivity index (χ0v) is 29.1. The summed E-state index contributed by atoms with van der Waals surface area (Å²) in [6, 6.07) is 57.8. The van der Waals surface area contributed by atoms with Gasteiger partial charge in [0.05, 0.1) is 11.2 Å². The highest BCUT2D eigenvalue weighted by Gasteiger charge is 2.18. The first kappa shape index (κ1) is 31.8. The molecule has 5 nitrogen and oxygen atoms in total. The molecule has 0 aliphatic heterocycles. The third kappa shape index (κ3) is 6.15. The van der Waals surface area contributed by atoms with Crippen LogP contribution in [-0.2, 0) is 0 Å². The molecule has 0 atom stereocenters. The van der Waals surface area contributed by atoms with Crippen molar-refractivity contribution in [3.8, 4) is 33.7 Å². The maximum absolute atomic E-state index is 6.42. The summed E-state index contributed by atoms with van der Waals surface area (Å²) in [5.41, 5.74) is 13.3. The van der Waals surface area contributed by atoms with Crippen molar-refractivity contribution in [2.45, 2.75) is 6.92 Å². The predicted octanol–water partition coefficient (Wildman–Crippen LogP) is 12.4. The lowest BCUT2D eigenvalue weighted by Gasteiger charge is -2.09. The van der Waals surface area contributed by atoms with Crippen LogP contribution < -0.4 is 0 Å². The van der Waals surface area contributed by atoms with Gasteiger partial charge in [0.25, 0.3) is 0 Å². The lowest BCUT2D eigenvalue weighted by molar-refractivity contribution is 0.620. The quantitative estimate of drug-likeness (QED) is 0.134. The van der Waals surface area contributed by atoms with Crippen LogP contribution in [0.4, 0.5) is 0 Å². The van der Waals surface area contributed by atoms with Crippen LogP contribution in [0.5, 0.6) is 0 Å². The molecule has 9 rings (SSSR count). The van der Waals surface area contributed by atoms with Gasteiger partial charge in [-0.1, -0.05) is 146 Å². The van der Waals surface area contributed by atoms with Crippen molar-refractivity contribution < 1.29 is 4.42 Å². The van der Waals surface area contributed by atoms with E-state index >= 15 is 0 Å². The monoisotopic (exact) mass is 682 g/mol. The van der Waals surface area contributed by atoms with Gasteiger partial charge in [0.15, 0.2) is 11.4 Å². The van der Waals surface area contributed by atoms with E-state index in [1.807, 2.05) is 91.9 Å². The number of rotatable bonds is 7. The zero-order chi connectivity index (χ0) is 35.7. The largest absolute Gasteiger partial charge is 0.436 e. The molecule has 252 valence electrons. The molecule has 2 heterocycles. The van der Waals surface area contributed by atoms with Crippen molar-refractivity contribution in [3.63, 3.8) is 0 Å². The van der Waals surface area contributed by atoms with Crippen molar-refractivity contribution >= 4 is 50.1 Å². The summed E-state index contributed by atoms with van der Waals surface area (Å²) in [4.78, 5) is 18.8. The van der Waals surface area contributed by atoms with E-state index in [4.69, 9.17) is 19.4 Å². The van der Waals surface area contributed by atoms with Crippen LogP contribution in [0.25, 0.3) is 72.3 Å². The Hall–Kier alpha value is -7.11. The number of nitrogens with zero attached hydrogens (tertiary/aromatic N) is 3. The molecule has 0 unspecified atom stereocenters. The minimum atomic E-state index is 0.596. The van der Waals surface area contributed by atoms with Crippen LogP contribution in [0.15, 0.2) is 191 Å². The van der Waals surface area contributed by atoms with Crippen molar-refractivity contribution in [1.29, 1.82) is 0 Å². The SMILES string of the molecule is C=C(N=C(N=C(C)c1ccccc1)c1cccc2[nH]c3c(-c4ccc5nc(-c6cccc(-c7ccccc7)c6)oc5c4)cccc3c12)c1ccccc1. The molecule has 53 heavy (non-hydrogen) atoms. The molecule has 0 saturated carbocycles. The Balaban J connectivity index is 1.15. The van der Waals surface area contributed by atoms with Gasteiger partial charge < -0.3 is 9.40 Å². The van der Waals surface area contributed by atoms with Gasteiger partial charge in [0.2, 0.25) is 5.89 Å². The molecule has 0 radical (unpaired) electrons. The summed E-state index contributed by atoms with van der Waals surface area (Å²) < 4.78 is 6.42. The van der Waals surface area contributed by atoms with Gasteiger partial charge in [-0.15, -0.1) is 0 Å². The molecular weight excluding hydrogens is 649 g/mol. The molecule has 0 fully saturated rings. The van der Waals surface area contributed by atoms with Crippen LogP contribution in [0.1, 0.15) is 23.6 Å². The summed E-state index contributed by atoms with van der Waals surface area (Å²) in [5.74, 6) is 1.20. The smallest absolute Gasteiger partial charge is 0.227 e. The normalized spacial score (nSPS) is 12.2. The Bertz CT molecular complexity index is 2850. The van der Waals surface area contributed by atoms with Crippen LogP contribution >= 0.6 is 0 Å². The lowest BCUT2D eigenvalue weighted by Crippen LogP contribution is -2.05. The molecular formula is C48H34N4O. The molecule has 0 aliphatic rings. The number of benzene rings is 7. The van der Waals surface area contributed by atoms with Gasteiger partial charge in [-0.2, -0.15) is 0 Å². The first-order valence-corrected chi connectivity index (χ1v) is 17.6. The number of para-hydroxylation sites is 1. The number of fused-ring (bicyclic) bond motifs is 4. The van der Waals surface area contributed by atoms with E-state index in [2.05, 4.69) is 96.5 Å². The second kappa shape index (κ2) is 13.5. The van der Waals surface area contributed by atoms with Crippen molar-refractivity contribution in [2.75, 3.05) is 0 Å².